The molecule has 0 aliphatic heterocycles. The molecule has 1 unspecified atom stereocenters. The summed E-state index contributed by atoms with van der Waals surface area (Å²) in [7, 11) is 0. The normalized spacial score (nSPS) is 14.4. The van der Waals surface area contributed by atoms with Gasteiger partial charge in [0.05, 0.1) is 12.3 Å². The maximum absolute atomic E-state index is 6.23. The van der Waals surface area contributed by atoms with Crippen molar-refractivity contribution >= 4 is 16.5 Å². The number of hydrogen-bond donors (Lipinski definition) is 1. The first-order valence-corrected chi connectivity index (χ1v) is 20.5. The Hall–Kier alpha value is -3.61. The van der Waals surface area contributed by atoms with Gasteiger partial charge in [-0.3, -0.25) is 0 Å². The highest BCUT2D eigenvalue weighted by atomic mass is 16.6. The molecule has 0 aliphatic carbocycles. The van der Waals surface area contributed by atoms with E-state index in [-0.39, 0.29) is 11.3 Å². The van der Waals surface area contributed by atoms with Crippen LogP contribution in [0.3, 0.4) is 0 Å². The van der Waals surface area contributed by atoms with E-state index in [2.05, 4.69) is 113 Å². The summed E-state index contributed by atoms with van der Waals surface area (Å²) in [5.74, 6) is 3.55. The van der Waals surface area contributed by atoms with Crippen molar-refractivity contribution in [3.63, 3.8) is 0 Å². The number of oxime groups is 1. The van der Waals surface area contributed by atoms with Crippen molar-refractivity contribution in [3.8, 4) is 17.1 Å². The van der Waals surface area contributed by atoms with E-state index in [0.29, 0.717) is 24.2 Å². The molecule has 7 nitrogen and oxygen atoms in total. The third kappa shape index (κ3) is 14.8. The van der Waals surface area contributed by atoms with Gasteiger partial charge >= 0.3 is 0 Å². The van der Waals surface area contributed by atoms with Gasteiger partial charge in [-0.25, -0.2) is 0 Å². The zero-order valence-corrected chi connectivity index (χ0v) is 33.8. The quantitative estimate of drug-likeness (QED) is 0.0349. The van der Waals surface area contributed by atoms with Gasteiger partial charge in [-0.1, -0.05) is 147 Å². The predicted molar refractivity (Wildman–Crippen MR) is 220 cm³/mol. The van der Waals surface area contributed by atoms with Gasteiger partial charge in [0.25, 0.3) is 0 Å². The summed E-state index contributed by atoms with van der Waals surface area (Å²) in [6.45, 7) is 21.2. The zero-order valence-electron chi connectivity index (χ0n) is 33.8. The Morgan fingerprint density at radius 2 is 1.58 bits per heavy atom. The average Bonchev–Trinajstić information content (AvgIpc) is 3.66. The molecule has 7 heteroatoms. The number of allylic oxidation sites excluding steroid dienone is 2. The maximum Gasteiger partial charge on any atom is 0.229 e. The highest BCUT2D eigenvalue weighted by Crippen LogP contribution is 2.31. The lowest BCUT2D eigenvalue weighted by molar-refractivity contribution is 0.186. The van der Waals surface area contributed by atoms with Crippen molar-refractivity contribution in [1.29, 1.82) is 0 Å². The van der Waals surface area contributed by atoms with Crippen molar-refractivity contribution in [2.24, 2.45) is 16.5 Å². The van der Waals surface area contributed by atoms with Crippen LogP contribution in [0.25, 0.3) is 22.2 Å². The molecule has 0 amide bonds. The van der Waals surface area contributed by atoms with Gasteiger partial charge in [-0.2, -0.15) is 4.98 Å². The van der Waals surface area contributed by atoms with Crippen LogP contribution in [-0.2, 0) is 4.84 Å². The van der Waals surface area contributed by atoms with Gasteiger partial charge in [-0.05, 0) is 80.6 Å². The number of aromatic nitrogens is 2. The maximum atomic E-state index is 6.23. The van der Waals surface area contributed by atoms with Gasteiger partial charge < -0.3 is 19.4 Å². The van der Waals surface area contributed by atoms with Gasteiger partial charge in [0, 0.05) is 29.4 Å². The summed E-state index contributed by atoms with van der Waals surface area (Å²) >= 11 is 0. The van der Waals surface area contributed by atoms with Gasteiger partial charge in [-0.15, -0.1) is 0 Å². The summed E-state index contributed by atoms with van der Waals surface area (Å²) in [6.07, 6.45) is 23.2. The number of rotatable bonds is 28. The first-order valence-electron chi connectivity index (χ1n) is 20.5. The molecule has 0 bridgehead atoms. The molecular weight excluding hydrogens is 645 g/mol. The number of ether oxygens (including phenoxy) is 1. The zero-order chi connectivity index (χ0) is 37.6. The minimum Gasteiger partial charge on any atom is -0.494 e. The third-order valence-corrected chi connectivity index (χ3v) is 10.4. The van der Waals surface area contributed by atoms with E-state index in [1.54, 1.807) is 0 Å². The van der Waals surface area contributed by atoms with Gasteiger partial charge in [0.2, 0.25) is 11.7 Å². The molecule has 1 N–H and O–H groups in total. The number of hydrogen-bond acceptors (Lipinski definition) is 7. The van der Waals surface area contributed by atoms with Crippen LogP contribution in [0.2, 0.25) is 0 Å². The van der Waals surface area contributed by atoms with Crippen molar-refractivity contribution in [1.82, 2.24) is 15.5 Å². The third-order valence-electron chi connectivity index (χ3n) is 10.4. The Morgan fingerprint density at radius 3 is 2.35 bits per heavy atom. The molecule has 3 atom stereocenters. The summed E-state index contributed by atoms with van der Waals surface area (Å²) in [5, 5.41) is 14.7. The van der Waals surface area contributed by atoms with Crippen LogP contribution >= 0.6 is 0 Å². The van der Waals surface area contributed by atoms with E-state index in [0.717, 1.165) is 85.0 Å². The highest BCUT2D eigenvalue weighted by Gasteiger charge is 2.26. The Balaban J connectivity index is 1.54. The molecule has 0 aliphatic rings. The Kier molecular flexibility index (Phi) is 19.6. The molecule has 1 aromatic heterocycles. The summed E-state index contributed by atoms with van der Waals surface area (Å²) in [5.41, 5.74) is 1.68. The molecular formula is C45H70N4O3. The van der Waals surface area contributed by atoms with Crippen LogP contribution in [0, 0.1) is 11.3 Å². The number of fused-ring (bicyclic) bond motifs is 1. The Labute approximate surface area is 316 Å². The van der Waals surface area contributed by atoms with Crippen LogP contribution in [0.4, 0.5) is 0 Å². The van der Waals surface area contributed by atoms with Crippen LogP contribution in [0.15, 0.2) is 70.7 Å². The SMILES string of the molecule is C=C(O/N=C(\C)C(C)(/C=C\NCCCCCCCCC)CCCCOc1ccc2cc(-c3noc([C@@H](C)CCCC)n3)ccc2c1)[C@@H](C)CCCC. The highest BCUT2D eigenvalue weighted by molar-refractivity contribution is 5.89. The van der Waals surface area contributed by atoms with E-state index in [4.69, 9.17) is 19.1 Å². The molecule has 3 rings (SSSR count). The van der Waals surface area contributed by atoms with Crippen molar-refractivity contribution in [3.05, 3.63) is 66.9 Å². The fraction of sp³-hybridized carbons (Fsp3) is 0.622. The smallest absolute Gasteiger partial charge is 0.229 e. The average molecular weight is 715 g/mol. The lowest BCUT2D eigenvalue weighted by atomic mass is 9.80. The molecule has 0 saturated carbocycles. The summed E-state index contributed by atoms with van der Waals surface area (Å²) < 4.78 is 11.8. The monoisotopic (exact) mass is 715 g/mol. The first-order chi connectivity index (χ1) is 25.2. The largest absolute Gasteiger partial charge is 0.494 e. The predicted octanol–water partition coefficient (Wildman–Crippen LogP) is 13.3. The fourth-order valence-electron chi connectivity index (χ4n) is 6.31. The minimum absolute atomic E-state index is 0.242. The second kappa shape index (κ2) is 23.9. The van der Waals surface area contributed by atoms with E-state index in [1.165, 1.54) is 57.8 Å². The Morgan fingerprint density at radius 1 is 0.885 bits per heavy atom. The molecule has 0 spiro atoms. The molecule has 288 valence electrons. The molecule has 2 aromatic carbocycles. The van der Waals surface area contributed by atoms with Crippen LogP contribution in [0.5, 0.6) is 5.75 Å². The van der Waals surface area contributed by atoms with Crippen LogP contribution < -0.4 is 10.1 Å². The van der Waals surface area contributed by atoms with Crippen molar-refractivity contribution in [2.75, 3.05) is 13.2 Å². The molecule has 1 heterocycles. The second-order valence-corrected chi connectivity index (χ2v) is 15.1. The lowest BCUT2D eigenvalue weighted by Crippen LogP contribution is -2.25. The standard InChI is InChI=1S/C45H70N4O3/c1-9-12-15-16-17-18-20-30-46-31-29-45(8,38(7)48-51-37(6)35(4)22-13-10-2)28-19-21-32-50-42-27-26-39-33-41(25-24-40(39)34-42)43-47-44(52-49-43)36(5)23-14-11-3/h24-27,29,31,33-36,46H,6,9-23,28,30,32H2,1-5,7-8H3/b31-29-,48-38+/t35-,36-,45?/m0/s1. The lowest BCUT2D eigenvalue weighted by Gasteiger charge is -2.26. The molecule has 0 fully saturated rings. The molecule has 0 radical (unpaired) electrons. The number of nitrogens with zero attached hydrogens (tertiary/aromatic N) is 3. The first kappa shape index (κ1) is 42.8. The number of benzene rings is 2. The topological polar surface area (TPSA) is 81.8 Å². The van der Waals surface area contributed by atoms with Crippen molar-refractivity contribution < 1.29 is 14.1 Å². The van der Waals surface area contributed by atoms with Gasteiger partial charge in [0.1, 0.15) is 11.5 Å². The van der Waals surface area contributed by atoms with E-state index < -0.39 is 0 Å². The van der Waals surface area contributed by atoms with E-state index in [1.807, 2.05) is 6.07 Å². The van der Waals surface area contributed by atoms with E-state index >= 15 is 0 Å². The molecule has 3 aromatic rings. The Bertz CT molecular complexity index is 1510. The van der Waals surface area contributed by atoms with E-state index in [9.17, 15) is 0 Å². The van der Waals surface area contributed by atoms with Crippen LogP contribution in [-0.4, -0.2) is 29.0 Å². The molecule has 52 heavy (non-hydrogen) atoms. The fourth-order valence-corrected chi connectivity index (χ4v) is 6.31. The van der Waals surface area contributed by atoms with Gasteiger partial charge in [0.15, 0.2) is 0 Å². The van der Waals surface area contributed by atoms with Crippen LogP contribution in [0.1, 0.15) is 163 Å². The number of nitrogens with one attached hydrogen (secondary N) is 1. The number of unbranched alkanes of at least 4 members (excludes halogenated alkanes) is 9. The summed E-state index contributed by atoms with van der Waals surface area (Å²) in [4.78, 5) is 10.6. The summed E-state index contributed by atoms with van der Waals surface area (Å²) in [6, 6.07) is 12.6. The minimum atomic E-state index is -0.242. The molecule has 0 saturated heterocycles. The van der Waals surface area contributed by atoms with Crippen molar-refractivity contribution in [2.45, 2.75) is 157 Å². The second-order valence-electron chi connectivity index (χ2n) is 15.1.